The van der Waals surface area contributed by atoms with Crippen molar-refractivity contribution in [3.05, 3.63) is 16.7 Å². The summed E-state index contributed by atoms with van der Waals surface area (Å²) in [4.78, 5) is 21.9. The van der Waals surface area contributed by atoms with Gasteiger partial charge in [-0.1, -0.05) is 0 Å². The average molecular weight is 363 g/mol. The van der Waals surface area contributed by atoms with Crippen molar-refractivity contribution in [2.45, 2.75) is 26.5 Å². The van der Waals surface area contributed by atoms with Gasteiger partial charge in [-0.2, -0.15) is 4.98 Å². The molecule has 3 N–H and O–H groups in total. The van der Waals surface area contributed by atoms with Gasteiger partial charge in [0, 0.05) is 6.54 Å². The van der Waals surface area contributed by atoms with E-state index in [2.05, 4.69) is 15.0 Å². The Balaban J connectivity index is 2.04. The van der Waals surface area contributed by atoms with E-state index in [-0.39, 0.29) is 43.5 Å². The van der Waals surface area contributed by atoms with Gasteiger partial charge in [-0.3, -0.25) is 14.3 Å². The van der Waals surface area contributed by atoms with E-state index in [0.717, 1.165) is 0 Å². The first kappa shape index (κ1) is 18.5. The first-order valence-electron chi connectivity index (χ1n) is 7.26. The van der Waals surface area contributed by atoms with Crippen LogP contribution in [0.4, 0.5) is 10.3 Å². The van der Waals surface area contributed by atoms with E-state index < -0.39 is 19.3 Å². The van der Waals surface area contributed by atoms with Gasteiger partial charge in [0.25, 0.3) is 5.56 Å². The van der Waals surface area contributed by atoms with Crippen molar-refractivity contribution in [1.29, 1.82) is 0 Å². The Labute approximate surface area is 136 Å². The lowest BCUT2D eigenvalue weighted by molar-refractivity contribution is -0.00917. The number of aromatic nitrogens is 4. The number of rotatable bonds is 9. The van der Waals surface area contributed by atoms with E-state index in [4.69, 9.17) is 19.5 Å². The standard InChI is InChI=1S/C12H19FN5O5P/c1-3-22-24(20,23-4-2)11(13)21-6-5-18-7-15-8-9(18)16-12(14)17-10(8)19/h7,11H,3-6H2,1-2H3,(H3,14,16,17,19). The van der Waals surface area contributed by atoms with Crippen LogP contribution in [0.3, 0.4) is 0 Å². The highest BCUT2D eigenvalue weighted by Gasteiger charge is 2.36. The first-order chi connectivity index (χ1) is 11.4. The van der Waals surface area contributed by atoms with Gasteiger partial charge in [-0.05, 0) is 13.8 Å². The van der Waals surface area contributed by atoms with Crippen LogP contribution in [0.1, 0.15) is 13.8 Å². The van der Waals surface area contributed by atoms with Gasteiger partial charge in [-0.15, -0.1) is 0 Å². The third kappa shape index (κ3) is 3.99. The highest BCUT2D eigenvalue weighted by molar-refractivity contribution is 7.54. The number of hydrogen-bond donors (Lipinski definition) is 2. The van der Waals surface area contributed by atoms with Gasteiger partial charge in [-0.25, -0.2) is 9.37 Å². The van der Waals surface area contributed by atoms with E-state index in [0.29, 0.717) is 0 Å². The second-order valence-electron chi connectivity index (χ2n) is 4.60. The fourth-order valence-corrected chi connectivity index (χ4v) is 3.31. The summed E-state index contributed by atoms with van der Waals surface area (Å²) in [7, 11) is -3.99. The van der Waals surface area contributed by atoms with Crippen LogP contribution in [-0.2, 0) is 24.9 Å². The number of H-pyrrole nitrogens is 1. The molecule has 0 amide bonds. The molecule has 0 aromatic carbocycles. The Morgan fingerprint density at radius 3 is 2.71 bits per heavy atom. The molecule has 0 saturated carbocycles. The van der Waals surface area contributed by atoms with Gasteiger partial charge in [0.1, 0.15) is 0 Å². The molecule has 134 valence electrons. The molecule has 2 rings (SSSR count). The van der Waals surface area contributed by atoms with Crippen molar-refractivity contribution in [1.82, 2.24) is 19.5 Å². The molecule has 0 aliphatic carbocycles. The second-order valence-corrected chi connectivity index (χ2v) is 6.60. The number of hydrogen-bond acceptors (Lipinski definition) is 8. The summed E-state index contributed by atoms with van der Waals surface area (Å²) in [5, 5.41) is 0. The van der Waals surface area contributed by atoms with Crippen LogP contribution in [0.25, 0.3) is 11.2 Å². The fourth-order valence-electron chi connectivity index (χ4n) is 1.99. The third-order valence-corrected chi connectivity index (χ3v) is 4.83. The molecular formula is C12H19FN5O5P. The third-order valence-electron chi connectivity index (χ3n) is 2.95. The summed E-state index contributed by atoms with van der Waals surface area (Å²) in [5.41, 5.74) is 5.36. The zero-order valence-corrected chi connectivity index (χ0v) is 14.2. The summed E-state index contributed by atoms with van der Waals surface area (Å²) in [6, 6.07) is 0. The molecule has 0 radical (unpaired) electrons. The minimum absolute atomic E-state index is 0.0270. The highest BCUT2D eigenvalue weighted by Crippen LogP contribution is 2.53. The predicted molar refractivity (Wildman–Crippen MR) is 84.3 cm³/mol. The van der Waals surface area contributed by atoms with Gasteiger partial charge in [0.2, 0.25) is 5.95 Å². The molecule has 2 heterocycles. The number of imidazole rings is 1. The number of fused-ring (bicyclic) bond motifs is 1. The molecule has 12 heteroatoms. The maximum Gasteiger partial charge on any atom is 0.391 e. The Morgan fingerprint density at radius 1 is 1.42 bits per heavy atom. The van der Waals surface area contributed by atoms with Crippen molar-refractivity contribution < 1.29 is 22.7 Å². The summed E-state index contributed by atoms with van der Waals surface area (Å²) >= 11 is 0. The van der Waals surface area contributed by atoms with Crippen LogP contribution in [-0.4, -0.2) is 45.4 Å². The number of aromatic amines is 1. The number of nitrogens with one attached hydrogen (secondary N) is 1. The summed E-state index contributed by atoms with van der Waals surface area (Å²) in [6.07, 6.45) is -0.859. The molecule has 24 heavy (non-hydrogen) atoms. The van der Waals surface area contributed by atoms with Crippen molar-refractivity contribution >= 4 is 24.7 Å². The minimum Gasteiger partial charge on any atom is -0.369 e. The van der Waals surface area contributed by atoms with Gasteiger partial charge in [0.05, 0.1) is 26.1 Å². The monoisotopic (exact) mass is 363 g/mol. The average Bonchev–Trinajstić information content (AvgIpc) is 2.91. The van der Waals surface area contributed by atoms with Crippen LogP contribution < -0.4 is 11.3 Å². The maximum atomic E-state index is 14.0. The molecule has 0 spiro atoms. The van der Waals surface area contributed by atoms with Crippen LogP contribution in [0.2, 0.25) is 0 Å². The molecule has 2 aromatic heterocycles. The zero-order valence-electron chi connectivity index (χ0n) is 13.3. The number of anilines is 1. The molecular weight excluding hydrogens is 344 g/mol. The molecule has 2 aromatic rings. The van der Waals surface area contributed by atoms with Crippen molar-refractivity contribution in [2.75, 3.05) is 25.6 Å². The Bertz CT molecular complexity index is 784. The van der Waals surface area contributed by atoms with Gasteiger partial charge in [0.15, 0.2) is 11.2 Å². The number of halogens is 1. The Kier molecular flexibility index (Phi) is 6.05. The largest absolute Gasteiger partial charge is 0.391 e. The molecule has 0 aliphatic rings. The van der Waals surface area contributed by atoms with Crippen molar-refractivity contribution in [2.24, 2.45) is 0 Å². The SMILES string of the molecule is CCOP(=O)(OCC)C(F)OCCn1cnc2c(=O)[nH]c(N)nc21. The van der Waals surface area contributed by atoms with Crippen LogP contribution in [0.15, 0.2) is 11.1 Å². The zero-order chi connectivity index (χ0) is 17.7. The highest BCUT2D eigenvalue weighted by atomic mass is 31.2. The summed E-state index contributed by atoms with van der Waals surface area (Å²) < 4.78 is 42.3. The number of alkyl halides is 1. The van der Waals surface area contributed by atoms with E-state index in [9.17, 15) is 13.8 Å². The van der Waals surface area contributed by atoms with Crippen molar-refractivity contribution in [3.8, 4) is 0 Å². The number of ether oxygens (including phenoxy) is 1. The second kappa shape index (κ2) is 7.84. The van der Waals surface area contributed by atoms with Crippen LogP contribution in [0, 0.1) is 0 Å². The fraction of sp³-hybridized carbons (Fsp3) is 0.583. The summed E-state index contributed by atoms with van der Waals surface area (Å²) in [6.45, 7) is 3.15. The van der Waals surface area contributed by atoms with E-state index in [1.54, 1.807) is 13.8 Å². The topological polar surface area (TPSA) is 134 Å². The van der Waals surface area contributed by atoms with E-state index in [1.807, 2.05) is 0 Å². The summed E-state index contributed by atoms with van der Waals surface area (Å²) in [5.74, 6) is -0.0595. The lowest BCUT2D eigenvalue weighted by atomic mass is 10.5. The van der Waals surface area contributed by atoms with Crippen LogP contribution in [0.5, 0.6) is 0 Å². The Hall–Kier alpha value is -1.81. The molecule has 0 bridgehead atoms. The van der Waals surface area contributed by atoms with Crippen LogP contribution >= 0.6 is 7.60 Å². The van der Waals surface area contributed by atoms with Gasteiger partial charge >= 0.3 is 13.7 Å². The molecule has 0 aliphatic heterocycles. The number of nitrogens with zero attached hydrogens (tertiary/aromatic N) is 3. The predicted octanol–water partition coefficient (Wildman–Crippen LogP) is 1.24. The number of nitrogen functional groups attached to an aromatic ring is 1. The molecule has 1 unspecified atom stereocenters. The lowest BCUT2D eigenvalue weighted by Crippen LogP contribution is -2.16. The first-order valence-corrected chi connectivity index (χ1v) is 8.87. The minimum atomic E-state index is -3.99. The molecule has 0 saturated heterocycles. The number of nitrogens with two attached hydrogens (primary N) is 1. The molecule has 0 fully saturated rings. The Morgan fingerprint density at radius 2 is 2.08 bits per heavy atom. The van der Waals surface area contributed by atoms with E-state index >= 15 is 0 Å². The lowest BCUT2D eigenvalue weighted by Gasteiger charge is -2.20. The normalized spacial score (nSPS) is 13.5. The molecule has 10 nitrogen and oxygen atoms in total. The van der Waals surface area contributed by atoms with Gasteiger partial charge < -0.3 is 24.1 Å². The quantitative estimate of drug-likeness (QED) is 0.636. The van der Waals surface area contributed by atoms with Crippen molar-refractivity contribution in [3.63, 3.8) is 0 Å². The molecule has 1 atom stereocenters. The smallest absolute Gasteiger partial charge is 0.369 e. The maximum absolute atomic E-state index is 14.0. The van der Waals surface area contributed by atoms with E-state index in [1.165, 1.54) is 10.9 Å².